The van der Waals surface area contributed by atoms with Crippen molar-refractivity contribution >= 4 is 34.9 Å². The third-order valence-corrected chi connectivity index (χ3v) is 7.79. The summed E-state index contributed by atoms with van der Waals surface area (Å²) in [7, 11) is 0. The van der Waals surface area contributed by atoms with Gasteiger partial charge in [-0.3, -0.25) is 14.6 Å². The zero-order valence-corrected chi connectivity index (χ0v) is 21.0. The Morgan fingerprint density at radius 1 is 1.24 bits per heavy atom. The van der Waals surface area contributed by atoms with Crippen LogP contribution in [0.5, 0.6) is 5.75 Å². The van der Waals surface area contributed by atoms with Crippen molar-refractivity contribution in [2.45, 2.75) is 44.1 Å². The minimum Gasteiger partial charge on any atom is -0.493 e. The van der Waals surface area contributed by atoms with Crippen LogP contribution in [-0.4, -0.2) is 45.6 Å². The Morgan fingerprint density at radius 2 is 2.06 bits per heavy atom. The number of hydrogen-bond acceptors (Lipinski definition) is 7. The molecule has 3 aromatic rings. The molecule has 0 fully saturated rings. The predicted octanol–water partition coefficient (Wildman–Crippen LogP) is 3.92. The molecule has 0 saturated carbocycles. The Morgan fingerprint density at radius 3 is 2.82 bits per heavy atom. The molecule has 1 aliphatic rings. The van der Waals surface area contributed by atoms with Gasteiger partial charge in [0, 0.05) is 42.6 Å². The average Bonchev–Trinajstić information content (AvgIpc) is 3.27. The number of aryl methyl sites for hydroxylation is 2. The lowest BCUT2D eigenvalue weighted by atomic mass is 9.95. The van der Waals surface area contributed by atoms with Crippen molar-refractivity contribution in [1.29, 1.82) is 0 Å². The Bertz CT molecular complexity index is 1150. The van der Waals surface area contributed by atoms with E-state index in [2.05, 4.69) is 15.3 Å². The number of nitrogens with one attached hydrogen (secondary N) is 1. The van der Waals surface area contributed by atoms with Gasteiger partial charge in [0.05, 0.1) is 18.8 Å². The van der Waals surface area contributed by atoms with Gasteiger partial charge in [-0.2, -0.15) is 0 Å². The first-order valence-electron chi connectivity index (χ1n) is 11.2. The number of hydrogen-bond donors (Lipinski definition) is 1. The SMILES string of the molecule is Cc1csc(SCC(=O)N2CCc3c(cnc(C)c3CNC(=O)CCOc3ccccc3)C2)n1. The number of carbonyl (C=O) groups excluding carboxylic acids is 2. The van der Waals surface area contributed by atoms with E-state index in [1.807, 2.05) is 60.7 Å². The molecule has 0 atom stereocenters. The molecule has 2 aromatic heterocycles. The van der Waals surface area contributed by atoms with Gasteiger partial charge in [-0.1, -0.05) is 30.0 Å². The molecular weight excluding hydrogens is 468 g/mol. The van der Waals surface area contributed by atoms with Gasteiger partial charge in [0.1, 0.15) is 5.75 Å². The first-order chi connectivity index (χ1) is 16.5. The van der Waals surface area contributed by atoms with Crippen LogP contribution in [0.2, 0.25) is 0 Å². The fourth-order valence-electron chi connectivity index (χ4n) is 3.84. The maximum Gasteiger partial charge on any atom is 0.233 e. The Hall–Kier alpha value is -2.91. The molecule has 1 N–H and O–H groups in total. The third-order valence-electron chi connectivity index (χ3n) is 5.67. The van der Waals surface area contributed by atoms with Crippen molar-refractivity contribution in [3.8, 4) is 5.75 Å². The maximum atomic E-state index is 12.8. The highest BCUT2D eigenvalue weighted by molar-refractivity contribution is 8.01. The van der Waals surface area contributed by atoms with Crippen molar-refractivity contribution in [3.05, 3.63) is 70.0 Å². The summed E-state index contributed by atoms with van der Waals surface area (Å²) in [6, 6.07) is 9.47. The van der Waals surface area contributed by atoms with Crippen LogP contribution in [0.15, 0.2) is 46.2 Å². The minimum absolute atomic E-state index is 0.0602. The van der Waals surface area contributed by atoms with E-state index < -0.39 is 0 Å². The molecule has 178 valence electrons. The number of ether oxygens (including phenoxy) is 1. The van der Waals surface area contributed by atoms with Crippen LogP contribution in [-0.2, 0) is 29.1 Å². The minimum atomic E-state index is -0.0602. The number of thioether (sulfide) groups is 1. The fourth-order valence-corrected chi connectivity index (χ4v) is 5.59. The second-order valence-electron chi connectivity index (χ2n) is 8.12. The van der Waals surface area contributed by atoms with Gasteiger partial charge < -0.3 is 15.0 Å². The Kier molecular flexibility index (Phi) is 8.18. The van der Waals surface area contributed by atoms with Gasteiger partial charge in [0.15, 0.2) is 4.34 Å². The number of fused-ring (bicyclic) bond motifs is 1. The Labute approximate surface area is 208 Å². The molecule has 1 aliphatic heterocycles. The number of amides is 2. The zero-order valence-electron chi connectivity index (χ0n) is 19.4. The number of benzene rings is 1. The van der Waals surface area contributed by atoms with E-state index in [4.69, 9.17) is 4.74 Å². The van der Waals surface area contributed by atoms with Gasteiger partial charge in [-0.25, -0.2) is 4.98 Å². The smallest absolute Gasteiger partial charge is 0.233 e. The van der Waals surface area contributed by atoms with Gasteiger partial charge >= 0.3 is 0 Å². The lowest BCUT2D eigenvalue weighted by Gasteiger charge is -2.30. The lowest BCUT2D eigenvalue weighted by Crippen LogP contribution is -2.38. The van der Waals surface area contributed by atoms with Crippen LogP contribution in [0.3, 0.4) is 0 Å². The quantitative estimate of drug-likeness (QED) is 0.452. The van der Waals surface area contributed by atoms with Crippen LogP contribution < -0.4 is 10.1 Å². The van der Waals surface area contributed by atoms with Crippen LogP contribution in [0, 0.1) is 13.8 Å². The van der Waals surface area contributed by atoms with Crippen LogP contribution >= 0.6 is 23.1 Å². The highest BCUT2D eigenvalue weighted by atomic mass is 32.2. The molecule has 34 heavy (non-hydrogen) atoms. The van der Waals surface area contributed by atoms with Crippen molar-refractivity contribution in [2.75, 3.05) is 18.9 Å². The summed E-state index contributed by atoms with van der Waals surface area (Å²) in [5.74, 6) is 1.19. The van der Waals surface area contributed by atoms with E-state index in [1.54, 1.807) is 11.3 Å². The third kappa shape index (κ3) is 6.36. The topological polar surface area (TPSA) is 84.4 Å². The van der Waals surface area contributed by atoms with E-state index in [1.165, 1.54) is 17.3 Å². The largest absolute Gasteiger partial charge is 0.493 e. The van der Waals surface area contributed by atoms with E-state index in [-0.39, 0.29) is 18.2 Å². The van der Waals surface area contributed by atoms with Gasteiger partial charge in [0.2, 0.25) is 11.8 Å². The maximum absolute atomic E-state index is 12.8. The Balaban J connectivity index is 1.29. The first kappa shape index (κ1) is 24.2. The summed E-state index contributed by atoms with van der Waals surface area (Å²) < 4.78 is 6.53. The standard InChI is InChI=1S/C25H28N4O3S2/c1-17-15-33-25(28-17)34-16-24(31)29-10-8-21-19(14-29)12-26-18(2)22(21)13-27-23(30)9-11-32-20-6-4-3-5-7-20/h3-7,12,15H,8-11,13-14,16H2,1-2H3,(H,27,30). The van der Waals surface area contributed by atoms with Gasteiger partial charge in [0.25, 0.3) is 0 Å². The second-order valence-corrected chi connectivity index (χ2v) is 10.2. The van der Waals surface area contributed by atoms with Crippen LogP contribution in [0.1, 0.15) is 34.5 Å². The van der Waals surface area contributed by atoms with E-state index in [0.29, 0.717) is 32.0 Å². The summed E-state index contributed by atoms with van der Waals surface area (Å²) in [5.41, 5.74) is 5.19. The van der Waals surface area contributed by atoms with Crippen LogP contribution in [0.25, 0.3) is 0 Å². The monoisotopic (exact) mass is 496 g/mol. The number of carbonyl (C=O) groups is 2. The summed E-state index contributed by atoms with van der Waals surface area (Å²) in [5, 5.41) is 5.00. The molecule has 0 radical (unpaired) electrons. The van der Waals surface area contributed by atoms with Gasteiger partial charge in [-0.05, 0) is 49.1 Å². The number of para-hydroxylation sites is 1. The molecule has 1 aromatic carbocycles. The molecule has 0 spiro atoms. The number of nitrogens with zero attached hydrogens (tertiary/aromatic N) is 3. The second kappa shape index (κ2) is 11.5. The van der Waals surface area contributed by atoms with Crippen molar-refractivity contribution in [1.82, 2.24) is 20.2 Å². The number of aromatic nitrogens is 2. The van der Waals surface area contributed by atoms with Crippen molar-refractivity contribution in [2.24, 2.45) is 0 Å². The molecule has 0 aliphatic carbocycles. The normalized spacial score (nSPS) is 12.8. The summed E-state index contributed by atoms with van der Waals surface area (Å²) in [4.78, 5) is 35.9. The predicted molar refractivity (Wildman–Crippen MR) is 134 cm³/mol. The molecule has 9 heteroatoms. The lowest BCUT2D eigenvalue weighted by molar-refractivity contribution is -0.129. The van der Waals surface area contributed by atoms with E-state index in [0.717, 1.165) is 39.0 Å². The molecule has 3 heterocycles. The molecule has 0 bridgehead atoms. The molecule has 4 rings (SSSR count). The van der Waals surface area contributed by atoms with Crippen molar-refractivity contribution < 1.29 is 14.3 Å². The molecule has 0 saturated heterocycles. The molecular formula is C25H28N4O3S2. The average molecular weight is 497 g/mol. The molecule has 7 nitrogen and oxygen atoms in total. The zero-order chi connectivity index (χ0) is 23.9. The first-order valence-corrected chi connectivity index (χ1v) is 13.1. The van der Waals surface area contributed by atoms with Crippen molar-refractivity contribution in [3.63, 3.8) is 0 Å². The summed E-state index contributed by atoms with van der Waals surface area (Å²) in [6.07, 6.45) is 2.91. The van der Waals surface area contributed by atoms with Gasteiger partial charge in [-0.15, -0.1) is 11.3 Å². The number of thiazole rings is 1. The number of rotatable bonds is 9. The fraction of sp³-hybridized carbons (Fsp3) is 0.360. The molecule has 0 unspecified atom stereocenters. The highest BCUT2D eigenvalue weighted by Crippen LogP contribution is 2.26. The van der Waals surface area contributed by atoms with E-state index in [9.17, 15) is 9.59 Å². The van der Waals surface area contributed by atoms with E-state index >= 15 is 0 Å². The number of pyridine rings is 1. The summed E-state index contributed by atoms with van der Waals surface area (Å²) >= 11 is 3.06. The van der Waals surface area contributed by atoms with Crippen LogP contribution in [0.4, 0.5) is 0 Å². The summed E-state index contributed by atoms with van der Waals surface area (Å²) in [6.45, 7) is 5.89. The molecule has 2 amide bonds. The highest BCUT2D eigenvalue weighted by Gasteiger charge is 2.24.